The minimum atomic E-state index is -1.18. The third kappa shape index (κ3) is 5.14. The monoisotopic (exact) mass is 531 g/mol. The molecule has 0 amide bonds. The molecule has 40 heavy (non-hydrogen) atoms. The van der Waals surface area contributed by atoms with Crippen molar-refractivity contribution in [2.45, 2.75) is 12.0 Å². The number of nitriles is 1. The number of aromatic carboxylic acids is 1. The average Bonchev–Trinajstić information content (AvgIpc) is 3.47. The van der Waals surface area contributed by atoms with E-state index in [2.05, 4.69) is 31.3 Å². The summed E-state index contributed by atoms with van der Waals surface area (Å²) >= 11 is 0. The van der Waals surface area contributed by atoms with Crippen LogP contribution >= 0.6 is 0 Å². The van der Waals surface area contributed by atoms with Crippen LogP contribution in [0.4, 0.5) is 11.6 Å². The van der Waals surface area contributed by atoms with Gasteiger partial charge in [0.1, 0.15) is 17.3 Å². The van der Waals surface area contributed by atoms with Crippen LogP contribution in [-0.2, 0) is 5.54 Å². The molecule has 11 nitrogen and oxygen atoms in total. The topological polar surface area (TPSA) is 167 Å². The molecule has 0 aliphatic carbocycles. The summed E-state index contributed by atoms with van der Waals surface area (Å²) in [5.74, 6) is -0.973. The largest absolute Gasteiger partial charge is 0.478 e. The SMILES string of the molecule is N#Cc1ccc(-c2nc(NCCC3(c4ccc([N+](=O)[O-])cn4)C=CC=N3)nc(-c3ccccc3)c2C(=O)O)cc1. The Labute approximate surface area is 228 Å². The standard InChI is InChI=1S/C29H21N7O4/c30-17-19-7-9-21(10-8-19)26-24(27(37)38)25(20-5-2-1-3-6-20)34-28(35-26)31-16-14-29(13-4-15-33-29)23-12-11-22(18-32-23)36(39)40/h1-13,15,18H,14,16H2,(H,37,38)(H,31,34,35). The third-order valence-electron chi connectivity index (χ3n) is 6.41. The second-order valence-electron chi connectivity index (χ2n) is 8.88. The number of nitrogens with zero attached hydrogens (tertiary/aromatic N) is 6. The number of carboxylic acid groups (broad SMARTS) is 1. The number of rotatable bonds is 9. The van der Waals surface area contributed by atoms with E-state index in [1.807, 2.05) is 12.1 Å². The summed E-state index contributed by atoms with van der Waals surface area (Å²) in [5.41, 5.74) is 1.57. The minimum absolute atomic E-state index is 0.0589. The fraction of sp³-hybridized carbons (Fsp3) is 0.103. The molecule has 0 bridgehead atoms. The quantitative estimate of drug-likeness (QED) is 0.222. The summed E-state index contributed by atoms with van der Waals surface area (Å²) in [6.07, 6.45) is 6.93. The predicted octanol–water partition coefficient (Wildman–Crippen LogP) is 5.02. The van der Waals surface area contributed by atoms with Crippen LogP contribution in [0.1, 0.15) is 28.0 Å². The number of nitro groups is 1. The number of benzene rings is 2. The van der Waals surface area contributed by atoms with Gasteiger partial charge in [-0.2, -0.15) is 5.26 Å². The van der Waals surface area contributed by atoms with Crippen LogP contribution in [0.5, 0.6) is 0 Å². The van der Waals surface area contributed by atoms with Crippen LogP contribution in [0.15, 0.2) is 90.1 Å². The molecule has 1 unspecified atom stereocenters. The molecule has 0 radical (unpaired) electrons. The zero-order chi connectivity index (χ0) is 28.1. The maximum atomic E-state index is 12.5. The van der Waals surface area contributed by atoms with Crippen LogP contribution in [-0.4, -0.2) is 43.7 Å². The van der Waals surface area contributed by atoms with Crippen LogP contribution < -0.4 is 5.32 Å². The maximum Gasteiger partial charge on any atom is 0.340 e. The number of nitrogens with one attached hydrogen (secondary N) is 1. The van der Waals surface area contributed by atoms with Gasteiger partial charge >= 0.3 is 5.97 Å². The highest BCUT2D eigenvalue weighted by Gasteiger charge is 2.32. The number of allylic oxidation sites excluding steroid dienone is 1. The number of carboxylic acids is 1. The molecule has 196 valence electrons. The summed E-state index contributed by atoms with van der Waals surface area (Å²) < 4.78 is 0. The van der Waals surface area contributed by atoms with Crippen LogP contribution in [0.3, 0.4) is 0 Å². The predicted molar refractivity (Wildman–Crippen MR) is 148 cm³/mol. The van der Waals surface area contributed by atoms with Crippen LogP contribution in [0.25, 0.3) is 22.5 Å². The van der Waals surface area contributed by atoms with Gasteiger partial charge in [-0.1, -0.05) is 42.5 Å². The molecule has 5 rings (SSSR count). The third-order valence-corrected chi connectivity index (χ3v) is 6.41. The van der Waals surface area contributed by atoms with Crippen LogP contribution in [0.2, 0.25) is 0 Å². The van der Waals surface area contributed by atoms with Crippen molar-refractivity contribution >= 4 is 23.8 Å². The average molecular weight is 532 g/mol. The van der Waals surface area contributed by atoms with Crippen molar-refractivity contribution in [1.29, 1.82) is 5.26 Å². The van der Waals surface area contributed by atoms with Crippen LogP contribution in [0, 0.1) is 21.4 Å². The van der Waals surface area contributed by atoms with E-state index in [9.17, 15) is 25.3 Å². The number of anilines is 1. The first-order chi connectivity index (χ1) is 19.4. The second-order valence-corrected chi connectivity index (χ2v) is 8.88. The lowest BCUT2D eigenvalue weighted by Crippen LogP contribution is -2.25. The van der Waals surface area contributed by atoms with Crippen molar-refractivity contribution in [2.75, 3.05) is 11.9 Å². The molecule has 0 fully saturated rings. The Morgan fingerprint density at radius 3 is 2.27 bits per heavy atom. The number of pyridine rings is 1. The van der Waals surface area contributed by atoms with E-state index in [0.717, 1.165) is 0 Å². The summed E-state index contributed by atoms with van der Waals surface area (Å²) in [6.45, 7) is 0.327. The van der Waals surface area contributed by atoms with Gasteiger partial charge in [0.15, 0.2) is 0 Å². The maximum absolute atomic E-state index is 12.5. The van der Waals surface area contributed by atoms with Gasteiger partial charge in [0, 0.05) is 30.0 Å². The molecule has 0 saturated heterocycles. The number of hydrogen-bond donors (Lipinski definition) is 2. The van der Waals surface area contributed by atoms with Crippen molar-refractivity contribution in [3.05, 3.63) is 112 Å². The molecule has 1 aliphatic heterocycles. The number of carbonyl (C=O) groups is 1. The Hall–Kier alpha value is -5.76. The van der Waals surface area contributed by atoms with Gasteiger partial charge in [-0.15, -0.1) is 0 Å². The zero-order valence-corrected chi connectivity index (χ0v) is 20.9. The first-order valence-corrected chi connectivity index (χ1v) is 12.2. The molecule has 2 aromatic heterocycles. The van der Waals surface area contributed by atoms with Crippen molar-refractivity contribution in [3.63, 3.8) is 0 Å². The molecule has 1 atom stereocenters. The van der Waals surface area contributed by atoms with Gasteiger partial charge in [0.25, 0.3) is 5.69 Å². The second kappa shape index (κ2) is 10.9. The van der Waals surface area contributed by atoms with E-state index >= 15 is 0 Å². The summed E-state index contributed by atoms with van der Waals surface area (Å²) in [5, 5.41) is 33.6. The lowest BCUT2D eigenvalue weighted by Gasteiger charge is -2.24. The van der Waals surface area contributed by atoms with Gasteiger partial charge in [0.05, 0.1) is 33.6 Å². The number of hydrogen-bond acceptors (Lipinski definition) is 9. The van der Waals surface area contributed by atoms with Gasteiger partial charge in [-0.05, 0) is 36.8 Å². The molecule has 4 aromatic rings. The lowest BCUT2D eigenvalue weighted by atomic mass is 9.92. The Bertz CT molecular complexity index is 1660. The molecule has 2 N–H and O–H groups in total. The van der Waals surface area contributed by atoms with Gasteiger partial charge < -0.3 is 10.4 Å². The lowest BCUT2D eigenvalue weighted by molar-refractivity contribution is -0.385. The van der Waals surface area contributed by atoms with E-state index in [1.54, 1.807) is 66.9 Å². The molecular weight excluding hydrogens is 510 g/mol. The Kier molecular flexibility index (Phi) is 7.07. The van der Waals surface area contributed by atoms with Crippen molar-refractivity contribution in [2.24, 2.45) is 4.99 Å². The van der Waals surface area contributed by atoms with E-state index in [1.165, 1.54) is 12.3 Å². The van der Waals surface area contributed by atoms with Gasteiger partial charge in [-0.3, -0.25) is 20.1 Å². The normalized spacial score (nSPS) is 15.5. The van der Waals surface area contributed by atoms with E-state index in [-0.39, 0.29) is 28.6 Å². The molecule has 0 saturated carbocycles. The van der Waals surface area contributed by atoms with Crippen molar-refractivity contribution in [3.8, 4) is 28.6 Å². The molecule has 3 heterocycles. The fourth-order valence-electron chi connectivity index (χ4n) is 4.42. The smallest absolute Gasteiger partial charge is 0.340 e. The van der Waals surface area contributed by atoms with Crippen molar-refractivity contribution in [1.82, 2.24) is 15.0 Å². The van der Waals surface area contributed by atoms with E-state index in [0.29, 0.717) is 35.3 Å². The fourth-order valence-corrected chi connectivity index (χ4v) is 4.42. The Morgan fingerprint density at radius 2 is 1.73 bits per heavy atom. The van der Waals surface area contributed by atoms with Gasteiger partial charge in [0.2, 0.25) is 5.95 Å². The first-order valence-electron chi connectivity index (χ1n) is 12.2. The molecular formula is C29H21N7O4. The molecule has 1 aliphatic rings. The summed E-state index contributed by atoms with van der Waals surface area (Å²) in [4.78, 5) is 41.0. The number of aliphatic imine (C=N–C) groups is 1. The molecule has 0 spiro atoms. The Morgan fingerprint density at radius 1 is 1.02 bits per heavy atom. The van der Waals surface area contributed by atoms with Gasteiger partial charge in [-0.25, -0.2) is 14.8 Å². The zero-order valence-electron chi connectivity index (χ0n) is 20.9. The Balaban J connectivity index is 1.50. The summed E-state index contributed by atoms with van der Waals surface area (Å²) in [6, 6.07) is 20.5. The molecule has 2 aromatic carbocycles. The van der Waals surface area contributed by atoms with E-state index in [4.69, 9.17) is 0 Å². The first kappa shape index (κ1) is 25.9. The minimum Gasteiger partial charge on any atom is -0.478 e. The highest BCUT2D eigenvalue weighted by Crippen LogP contribution is 2.34. The highest BCUT2D eigenvalue weighted by atomic mass is 16.6. The highest BCUT2D eigenvalue weighted by molar-refractivity contribution is 6.01. The summed E-state index contributed by atoms with van der Waals surface area (Å²) in [7, 11) is 0. The van der Waals surface area contributed by atoms with Crippen molar-refractivity contribution < 1.29 is 14.8 Å². The molecule has 11 heteroatoms. The number of aromatic nitrogens is 3. The van der Waals surface area contributed by atoms with E-state index < -0.39 is 16.4 Å².